The van der Waals surface area contributed by atoms with Gasteiger partial charge < -0.3 is 4.74 Å². The lowest BCUT2D eigenvalue weighted by Crippen LogP contribution is -2.12. The van der Waals surface area contributed by atoms with Gasteiger partial charge in [-0.15, -0.1) is 0 Å². The van der Waals surface area contributed by atoms with Gasteiger partial charge in [0.1, 0.15) is 2.88 Å². The van der Waals surface area contributed by atoms with Gasteiger partial charge in [-0.05, 0) is 53.8 Å². The third-order valence-electron chi connectivity index (χ3n) is 2.38. The standard InChI is InChI=1S/C13H10ClIN2O3S/c1-2-20-12(19)9-10(15)21-13(16-9)17-11(18)7-3-5-8(14)6-4-7/h3-6H,2H2,1H3,(H,16,17,18). The van der Waals surface area contributed by atoms with Gasteiger partial charge in [0, 0.05) is 10.6 Å². The summed E-state index contributed by atoms with van der Waals surface area (Å²) in [5.41, 5.74) is 0.677. The molecule has 1 aromatic carbocycles. The van der Waals surface area contributed by atoms with E-state index in [1.54, 1.807) is 31.2 Å². The zero-order chi connectivity index (χ0) is 15.4. The van der Waals surface area contributed by atoms with E-state index >= 15 is 0 Å². The van der Waals surface area contributed by atoms with E-state index in [-0.39, 0.29) is 18.2 Å². The zero-order valence-electron chi connectivity index (χ0n) is 10.9. The van der Waals surface area contributed by atoms with Crippen LogP contribution in [-0.4, -0.2) is 23.5 Å². The van der Waals surface area contributed by atoms with Crippen LogP contribution in [0, 0.1) is 2.88 Å². The number of benzene rings is 1. The van der Waals surface area contributed by atoms with E-state index in [0.717, 1.165) is 0 Å². The number of carbonyl (C=O) groups excluding carboxylic acids is 2. The Morgan fingerprint density at radius 1 is 1.38 bits per heavy atom. The van der Waals surface area contributed by atoms with Crippen LogP contribution in [0.4, 0.5) is 5.13 Å². The summed E-state index contributed by atoms with van der Waals surface area (Å²) in [6.07, 6.45) is 0. The first kappa shape index (κ1) is 16.2. The van der Waals surface area contributed by atoms with Crippen molar-refractivity contribution < 1.29 is 14.3 Å². The zero-order valence-corrected chi connectivity index (χ0v) is 14.6. The van der Waals surface area contributed by atoms with E-state index in [0.29, 0.717) is 18.6 Å². The summed E-state index contributed by atoms with van der Waals surface area (Å²) in [7, 11) is 0. The summed E-state index contributed by atoms with van der Waals surface area (Å²) in [4.78, 5) is 27.8. The number of hydrogen-bond donors (Lipinski definition) is 1. The second-order valence-electron chi connectivity index (χ2n) is 3.82. The molecule has 0 aliphatic heterocycles. The third-order valence-corrected chi connectivity index (χ3v) is 4.56. The predicted molar refractivity (Wildman–Crippen MR) is 90.2 cm³/mol. The van der Waals surface area contributed by atoms with Crippen molar-refractivity contribution in [2.24, 2.45) is 0 Å². The average Bonchev–Trinajstić information content (AvgIpc) is 2.80. The molecule has 0 atom stereocenters. The molecule has 0 aliphatic rings. The van der Waals surface area contributed by atoms with E-state index in [1.165, 1.54) is 11.3 Å². The van der Waals surface area contributed by atoms with Gasteiger partial charge in [0.25, 0.3) is 5.91 Å². The van der Waals surface area contributed by atoms with Crippen molar-refractivity contribution in [2.75, 3.05) is 11.9 Å². The quantitative estimate of drug-likeness (QED) is 0.584. The first-order valence-corrected chi connectivity index (χ1v) is 8.19. The molecule has 8 heteroatoms. The first-order valence-electron chi connectivity index (χ1n) is 5.91. The van der Waals surface area contributed by atoms with Crippen molar-refractivity contribution >= 4 is 62.5 Å². The number of amides is 1. The van der Waals surface area contributed by atoms with Crippen LogP contribution < -0.4 is 5.32 Å². The molecule has 1 aromatic heterocycles. The molecule has 0 bridgehead atoms. The molecule has 21 heavy (non-hydrogen) atoms. The van der Waals surface area contributed by atoms with Crippen molar-refractivity contribution in [2.45, 2.75) is 6.92 Å². The number of esters is 1. The van der Waals surface area contributed by atoms with Crippen molar-refractivity contribution in [1.82, 2.24) is 4.98 Å². The Bertz CT molecular complexity index is 673. The summed E-state index contributed by atoms with van der Waals surface area (Å²) >= 11 is 8.97. The summed E-state index contributed by atoms with van der Waals surface area (Å²) in [6, 6.07) is 6.49. The Hall–Kier alpha value is -1.19. The van der Waals surface area contributed by atoms with Crippen molar-refractivity contribution in [3.63, 3.8) is 0 Å². The highest BCUT2D eigenvalue weighted by molar-refractivity contribution is 14.1. The molecule has 110 valence electrons. The number of hydrogen-bond acceptors (Lipinski definition) is 5. The number of anilines is 1. The minimum atomic E-state index is -0.495. The van der Waals surface area contributed by atoms with Crippen LogP contribution in [0.2, 0.25) is 5.02 Å². The number of thiazole rings is 1. The van der Waals surface area contributed by atoms with Gasteiger partial charge >= 0.3 is 5.97 Å². The molecular weight excluding hydrogens is 427 g/mol. The van der Waals surface area contributed by atoms with Crippen molar-refractivity contribution in [3.8, 4) is 0 Å². The van der Waals surface area contributed by atoms with E-state index in [4.69, 9.17) is 16.3 Å². The fourth-order valence-corrected chi connectivity index (χ4v) is 3.22. The molecule has 2 rings (SSSR count). The Morgan fingerprint density at radius 3 is 2.67 bits per heavy atom. The van der Waals surface area contributed by atoms with Gasteiger partial charge in [-0.1, -0.05) is 22.9 Å². The number of carbonyl (C=O) groups is 2. The number of halogens is 2. The smallest absolute Gasteiger partial charge is 0.359 e. The number of nitrogens with zero attached hydrogens (tertiary/aromatic N) is 1. The second-order valence-corrected chi connectivity index (χ2v) is 7.07. The molecule has 0 unspecified atom stereocenters. The van der Waals surface area contributed by atoms with Crippen LogP contribution in [0.3, 0.4) is 0 Å². The molecule has 0 radical (unpaired) electrons. The molecule has 1 N–H and O–H groups in total. The normalized spacial score (nSPS) is 10.2. The van der Waals surface area contributed by atoms with Gasteiger partial charge in [0.05, 0.1) is 6.61 Å². The highest BCUT2D eigenvalue weighted by Crippen LogP contribution is 2.25. The lowest BCUT2D eigenvalue weighted by Gasteiger charge is -2.01. The fourth-order valence-electron chi connectivity index (χ4n) is 1.45. The minimum absolute atomic E-state index is 0.217. The molecule has 0 fully saturated rings. The van der Waals surface area contributed by atoms with Gasteiger partial charge in [0.2, 0.25) is 0 Å². The van der Waals surface area contributed by atoms with Crippen LogP contribution in [-0.2, 0) is 4.74 Å². The van der Waals surface area contributed by atoms with Crippen LogP contribution in [0.25, 0.3) is 0 Å². The number of aromatic nitrogens is 1. The number of ether oxygens (including phenoxy) is 1. The van der Waals surface area contributed by atoms with Gasteiger partial charge in [-0.3, -0.25) is 10.1 Å². The van der Waals surface area contributed by atoms with Crippen LogP contribution in [0.15, 0.2) is 24.3 Å². The minimum Gasteiger partial charge on any atom is -0.461 e. The maximum Gasteiger partial charge on any atom is 0.359 e. The third kappa shape index (κ3) is 4.14. The molecule has 0 aliphatic carbocycles. The summed E-state index contributed by atoms with van der Waals surface area (Å²) in [6.45, 7) is 2.00. The molecular formula is C13H10ClIN2O3S. The van der Waals surface area contributed by atoms with Gasteiger partial charge in [0.15, 0.2) is 10.8 Å². The number of nitrogens with one attached hydrogen (secondary N) is 1. The monoisotopic (exact) mass is 436 g/mol. The van der Waals surface area contributed by atoms with E-state index in [2.05, 4.69) is 10.3 Å². The lowest BCUT2D eigenvalue weighted by atomic mass is 10.2. The van der Waals surface area contributed by atoms with E-state index < -0.39 is 5.97 Å². The SMILES string of the molecule is CCOC(=O)c1nc(NC(=O)c2ccc(Cl)cc2)sc1I. The molecule has 0 saturated heterocycles. The van der Waals surface area contributed by atoms with E-state index in [9.17, 15) is 9.59 Å². The lowest BCUT2D eigenvalue weighted by molar-refractivity contribution is 0.0519. The molecule has 5 nitrogen and oxygen atoms in total. The van der Waals surface area contributed by atoms with Crippen molar-refractivity contribution in [3.05, 3.63) is 43.4 Å². The topological polar surface area (TPSA) is 68.3 Å². The largest absolute Gasteiger partial charge is 0.461 e. The Morgan fingerprint density at radius 2 is 2.05 bits per heavy atom. The molecule has 0 saturated carbocycles. The summed E-state index contributed by atoms with van der Waals surface area (Å²) < 4.78 is 5.56. The Labute approximate surface area is 143 Å². The first-order chi connectivity index (χ1) is 10.0. The van der Waals surface area contributed by atoms with E-state index in [1.807, 2.05) is 22.6 Å². The maximum atomic E-state index is 12.0. The Balaban J connectivity index is 2.13. The summed E-state index contributed by atoms with van der Waals surface area (Å²) in [5, 5.41) is 3.55. The summed E-state index contributed by atoms with van der Waals surface area (Å²) in [5.74, 6) is -0.808. The van der Waals surface area contributed by atoms with Crippen LogP contribution >= 0.6 is 45.5 Å². The average molecular weight is 437 g/mol. The van der Waals surface area contributed by atoms with Crippen LogP contribution in [0.1, 0.15) is 27.8 Å². The fraction of sp³-hybridized carbons (Fsp3) is 0.154. The van der Waals surface area contributed by atoms with Gasteiger partial charge in [-0.25, -0.2) is 9.78 Å². The number of rotatable bonds is 4. The Kier molecular flexibility index (Phi) is 5.54. The highest BCUT2D eigenvalue weighted by atomic mass is 127. The van der Waals surface area contributed by atoms with Gasteiger partial charge in [-0.2, -0.15) is 0 Å². The molecule has 1 amide bonds. The molecule has 0 spiro atoms. The molecule has 2 aromatic rings. The second kappa shape index (κ2) is 7.19. The van der Waals surface area contributed by atoms with Crippen LogP contribution in [0.5, 0.6) is 0 Å². The highest BCUT2D eigenvalue weighted by Gasteiger charge is 2.19. The maximum absolute atomic E-state index is 12.0. The molecule has 1 heterocycles. The van der Waals surface area contributed by atoms with Crippen molar-refractivity contribution in [1.29, 1.82) is 0 Å². The predicted octanol–water partition coefficient (Wildman–Crippen LogP) is 3.83.